The van der Waals surface area contributed by atoms with Crippen LogP contribution < -0.4 is 16.4 Å². The van der Waals surface area contributed by atoms with Gasteiger partial charge in [-0.1, -0.05) is 36.4 Å². The highest BCUT2D eigenvalue weighted by Crippen LogP contribution is 2.31. The molecular formula is C24H25N5O3. The molecule has 0 radical (unpaired) electrons. The molecule has 4 aromatic rings. The molecule has 0 bridgehead atoms. The number of esters is 1. The lowest BCUT2D eigenvalue weighted by Crippen LogP contribution is -2.29. The fraction of sp³-hybridized carbons (Fsp3) is 0.208. The molecule has 0 spiro atoms. The predicted octanol–water partition coefficient (Wildman–Crippen LogP) is 2.82. The third kappa shape index (κ3) is 4.40. The van der Waals surface area contributed by atoms with Gasteiger partial charge in [0.15, 0.2) is 0 Å². The summed E-state index contributed by atoms with van der Waals surface area (Å²) in [6.45, 7) is 2.84. The number of rotatable bonds is 8. The zero-order valence-electron chi connectivity index (χ0n) is 17.8. The number of ether oxygens (including phenoxy) is 1. The average Bonchev–Trinajstić information content (AvgIpc) is 3.18. The molecule has 32 heavy (non-hydrogen) atoms. The molecule has 0 unspecified atom stereocenters. The molecule has 4 rings (SSSR count). The first-order valence-electron chi connectivity index (χ1n) is 10.5. The Balaban J connectivity index is 1.78. The number of hydrogen-bond acceptors (Lipinski definition) is 6. The van der Waals surface area contributed by atoms with Crippen molar-refractivity contribution < 1.29 is 14.3 Å². The molecule has 8 heteroatoms. The van der Waals surface area contributed by atoms with Crippen molar-refractivity contribution in [2.75, 3.05) is 31.6 Å². The van der Waals surface area contributed by atoms with Crippen molar-refractivity contribution in [1.82, 2.24) is 14.7 Å². The van der Waals surface area contributed by atoms with E-state index in [9.17, 15) is 9.59 Å². The molecule has 164 valence electrons. The van der Waals surface area contributed by atoms with Gasteiger partial charge >= 0.3 is 5.97 Å². The van der Waals surface area contributed by atoms with E-state index in [1.807, 2.05) is 34.7 Å². The summed E-state index contributed by atoms with van der Waals surface area (Å²) in [4.78, 5) is 29.1. The quantitative estimate of drug-likeness (QED) is 0.370. The molecular weight excluding hydrogens is 406 g/mol. The van der Waals surface area contributed by atoms with E-state index in [0.717, 1.165) is 16.3 Å². The highest BCUT2D eigenvalue weighted by molar-refractivity contribution is 5.96. The van der Waals surface area contributed by atoms with Crippen molar-refractivity contribution in [1.29, 1.82) is 0 Å². The van der Waals surface area contributed by atoms with Crippen molar-refractivity contribution in [3.63, 3.8) is 0 Å². The van der Waals surface area contributed by atoms with Crippen LogP contribution >= 0.6 is 0 Å². The van der Waals surface area contributed by atoms with Gasteiger partial charge in [0.25, 0.3) is 5.91 Å². The second-order valence-corrected chi connectivity index (χ2v) is 7.22. The van der Waals surface area contributed by atoms with Gasteiger partial charge in [-0.25, -0.2) is 4.98 Å². The van der Waals surface area contributed by atoms with Crippen LogP contribution in [0.3, 0.4) is 0 Å². The molecule has 1 amide bonds. The van der Waals surface area contributed by atoms with Crippen LogP contribution in [0.2, 0.25) is 0 Å². The third-order valence-corrected chi connectivity index (χ3v) is 5.05. The molecule has 0 saturated carbocycles. The summed E-state index contributed by atoms with van der Waals surface area (Å²) in [6.07, 6.45) is 1.76. The SMILES string of the molecule is CCOC(=O)CNc1c(-c2ccc3ccccc3c2)nc2cc(C(=O)NCCN)ccn12. The Morgan fingerprint density at radius 1 is 1.09 bits per heavy atom. The smallest absolute Gasteiger partial charge is 0.325 e. The number of carbonyl (C=O) groups excluding carboxylic acids is 2. The third-order valence-electron chi connectivity index (χ3n) is 5.05. The van der Waals surface area contributed by atoms with Gasteiger partial charge in [-0.2, -0.15) is 0 Å². The maximum atomic E-state index is 12.4. The van der Waals surface area contributed by atoms with E-state index < -0.39 is 0 Å². The highest BCUT2D eigenvalue weighted by Gasteiger charge is 2.17. The second-order valence-electron chi connectivity index (χ2n) is 7.22. The minimum absolute atomic E-state index is 0.000945. The maximum Gasteiger partial charge on any atom is 0.325 e. The Hall–Kier alpha value is -3.91. The molecule has 4 N–H and O–H groups in total. The van der Waals surface area contributed by atoms with Crippen molar-refractivity contribution in [2.24, 2.45) is 5.73 Å². The number of anilines is 1. The van der Waals surface area contributed by atoms with Crippen LogP contribution in [0.1, 0.15) is 17.3 Å². The van der Waals surface area contributed by atoms with E-state index in [1.165, 1.54) is 0 Å². The topological polar surface area (TPSA) is 111 Å². The maximum absolute atomic E-state index is 12.4. The van der Waals surface area contributed by atoms with E-state index in [1.54, 1.807) is 25.3 Å². The van der Waals surface area contributed by atoms with Crippen molar-refractivity contribution >= 4 is 34.1 Å². The normalized spacial score (nSPS) is 10.9. The summed E-state index contributed by atoms with van der Waals surface area (Å²) >= 11 is 0. The van der Waals surface area contributed by atoms with Gasteiger partial charge < -0.3 is 21.1 Å². The first-order chi connectivity index (χ1) is 15.6. The summed E-state index contributed by atoms with van der Waals surface area (Å²) in [5.74, 6) is 0.0798. The van der Waals surface area contributed by atoms with Crippen LogP contribution in [0.25, 0.3) is 27.7 Å². The molecule has 0 aliphatic rings. The molecule has 0 saturated heterocycles. The van der Waals surface area contributed by atoms with E-state index >= 15 is 0 Å². The second kappa shape index (κ2) is 9.49. The average molecular weight is 431 g/mol. The molecule has 8 nitrogen and oxygen atoms in total. The van der Waals surface area contributed by atoms with Gasteiger partial charge in [-0.15, -0.1) is 0 Å². The molecule has 2 heterocycles. The molecule has 0 atom stereocenters. The number of hydrogen-bond donors (Lipinski definition) is 3. The number of amides is 1. The van der Waals surface area contributed by atoms with Crippen LogP contribution in [-0.4, -0.2) is 47.5 Å². The van der Waals surface area contributed by atoms with Gasteiger partial charge in [-0.3, -0.25) is 14.0 Å². The number of pyridine rings is 1. The van der Waals surface area contributed by atoms with Gasteiger partial charge in [0.1, 0.15) is 23.7 Å². The van der Waals surface area contributed by atoms with Gasteiger partial charge in [-0.05, 0) is 35.9 Å². The number of benzene rings is 2. The monoisotopic (exact) mass is 431 g/mol. The molecule has 0 fully saturated rings. The standard InChI is InChI=1S/C24H25N5O3/c1-2-32-21(30)15-27-23-22(18-8-7-16-5-3-4-6-17(16)13-18)28-20-14-19(9-12-29(20)23)24(31)26-11-10-25/h3-9,12-14,27H,2,10-11,15,25H2,1H3,(H,26,31). The van der Waals surface area contributed by atoms with E-state index in [2.05, 4.69) is 22.8 Å². The number of fused-ring (bicyclic) bond motifs is 2. The number of nitrogens with one attached hydrogen (secondary N) is 2. The first-order valence-corrected chi connectivity index (χ1v) is 10.5. The number of nitrogens with two attached hydrogens (primary N) is 1. The van der Waals surface area contributed by atoms with E-state index in [0.29, 0.717) is 42.4 Å². The predicted molar refractivity (Wildman–Crippen MR) is 125 cm³/mol. The van der Waals surface area contributed by atoms with Crippen LogP contribution in [0, 0.1) is 0 Å². The van der Waals surface area contributed by atoms with Crippen LogP contribution in [0.4, 0.5) is 5.82 Å². The van der Waals surface area contributed by atoms with Crippen LogP contribution in [-0.2, 0) is 9.53 Å². The Morgan fingerprint density at radius 3 is 2.69 bits per heavy atom. The Morgan fingerprint density at radius 2 is 1.91 bits per heavy atom. The summed E-state index contributed by atoms with van der Waals surface area (Å²) in [6, 6.07) is 17.6. The van der Waals surface area contributed by atoms with Gasteiger partial charge in [0, 0.05) is 30.4 Å². The van der Waals surface area contributed by atoms with E-state index in [4.69, 9.17) is 15.5 Å². The van der Waals surface area contributed by atoms with Crippen molar-refractivity contribution in [3.05, 3.63) is 66.4 Å². The zero-order valence-corrected chi connectivity index (χ0v) is 17.8. The summed E-state index contributed by atoms with van der Waals surface area (Å²) in [5, 5.41) is 8.13. The summed E-state index contributed by atoms with van der Waals surface area (Å²) < 4.78 is 6.87. The lowest BCUT2D eigenvalue weighted by Gasteiger charge is -2.09. The number of aromatic nitrogens is 2. The Kier molecular flexibility index (Phi) is 6.32. The lowest BCUT2D eigenvalue weighted by molar-refractivity contribution is -0.140. The fourth-order valence-electron chi connectivity index (χ4n) is 3.55. The molecule has 0 aliphatic carbocycles. The fourth-order valence-corrected chi connectivity index (χ4v) is 3.55. The first kappa shape index (κ1) is 21.3. The molecule has 0 aliphatic heterocycles. The van der Waals surface area contributed by atoms with Crippen molar-refractivity contribution in [2.45, 2.75) is 6.92 Å². The largest absolute Gasteiger partial charge is 0.465 e. The highest BCUT2D eigenvalue weighted by atomic mass is 16.5. The number of imidazole rings is 1. The molecule has 2 aromatic heterocycles. The minimum Gasteiger partial charge on any atom is -0.465 e. The lowest BCUT2D eigenvalue weighted by atomic mass is 10.1. The number of nitrogens with zero attached hydrogens (tertiary/aromatic N) is 2. The van der Waals surface area contributed by atoms with Crippen LogP contribution in [0.5, 0.6) is 0 Å². The summed E-state index contributed by atoms with van der Waals surface area (Å²) in [7, 11) is 0. The Bertz CT molecular complexity index is 1280. The summed E-state index contributed by atoms with van der Waals surface area (Å²) in [5.41, 5.74) is 8.12. The van der Waals surface area contributed by atoms with E-state index in [-0.39, 0.29) is 18.4 Å². The zero-order chi connectivity index (χ0) is 22.5. The van der Waals surface area contributed by atoms with Gasteiger partial charge in [0.2, 0.25) is 0 Å². The number of carbonyl (C=O) groups is 2. The minimum atomic E-state index is -0.357. The molecule has 2 aromatic carbocycles. The van der Waals surface area contributed by atoms with Gasteiger partial charge in [0.05, 0.1) is 6.61 Å². The van der Waals surface area contributed by atoms with Crippen molar-refractivity contribution in [3.8, 4) is 11.3 Å². The Labute approximate surface area is 185 Å². The van der Waals surface area contributed by atoms with Crippen LogP contribution in [0.15, 0.2) is 60.8 Å².